The van der Waals surface area contributed by atoms with Gasteiger partial charge in [-0.1, -0.05) is 43.7 Å². The maximum atomic E-state index is 13.7. The summed E-state index contributed by atoms with van der Waals surface area (Å²) in [6.07, 6.45) is 2.17. The van der Waals surface area contributed by atoms with Crippen LogP contribution >= 0.6 is 0 Å². The topological polar surface area (TPSA) is 12.0 Å². The normalized spacial score (nSPS) is 12.2. The minimum absolute atomic E-state index is 0.0862. The molecule has 0 spiro atoms. The Balaban J connectivity index is 2.18. The van der Waals surface area contributed by atoms with Crippen LogP contribution in [0.5, 0.6) is 0 Å². The Morgan fingerprint density at radius 3 is 2.60 bits per heavy atom. The predicted molar refractivity (Wildman–Crippen MR) is 83.6 cm³/mol. The second-order valence-corrected chi connectivity index (χ2v) is 5.28. The summed E-state index contributed by atoms with van der Waals surface area (Å²) in [4.78, 5) is 0. The van der Waals surface area contributed by atoms with Crippen molar-refractivity contribution in [3.63, 3.8) is 0 Å². The third kappa shape index (κ3) is 3.38. The van der Waals surface area contributed by atoms with Gasteiger partial charge >= 0.3 is 0 Å². The first kappa shape index (κ1) is 14.6. The lowest BCUT2D eigenvalue weighted by molar-refractivity contribution is 0.614. The molecule has 106 valence electrons. The quantitative estimate of drug-likeness (QED) is 0.782. The molecule has 0 saturated carbocycles. The lowest BCUT2D eigenvalue weighted by atomic mass is 10.0. The number of halogens is 1. The molecule has 2 aromatic carbocycles. The zero-order valence-corrected chi connectivity index (χ0v) is 12.4. The molecule has 0 amide bonds. The Bertz CT molecular complexity index is 577. The maximum Gasteiger partial charge on any atom is 0.126 e. The van der Waals surface area contributed by atoms with Crippen molar-refractivity contribution in [2.24, 2.45) is 0 Å². The van der Waals surface area contributed by atoms with Crippen molar-refractivity contribution in [1.29, 1.82) is 0 Å². The van der Waals surface area contributed by atoms with Gasteiger partial charge in [0.1, 0.15) is 5.82 Å². The summed E-state index contributed by atoms with van der Waals surface area (Å²) in [5, 5.41) is 3.49. The number of benzene rings is 2. The number of aryl methyl sites for hydroxylation is 2. The van der Waals surface area contributed by atoms with Gasteiger partial charge in [-0.05, 0) is 49.1 Å². The van der Waals surface area contributed by atoms with Crippen LogP contribution in [0.4, 0.5) is 10.1 Å². The predicted octanol–water partition coefficient (Wildman–Crippen LogP) is 5.26. The summed E-state index contributed by atoms with van der Waals surface area (Å²) in [5.74, 6) is -0.141. The SMILES string of the molecule is CCCc1ccccc1NC(C)c1ccc(C)c(F)c1. The van der Waals surface area contributed by atoms with E-state index in [1.165, 1.54) is 5.56 Å². The molecule has 0 aliphatic rings. The Hall–Kier alpha value is -1.83. The summed E-state index contributed by atoms with van der Waals surface area (Å²) in [5.41, 5.74) is 4.11. The first-order chi connectivity index (χ1) is 9.61. The average molecular weight is 271 g/mol. The van der Waals surface area contributed by atoms with Crippen LogP contribution in [0.15, 0.2) is 42.5 Å². The standard InChI is InChI=1S/C18H22FN/c1-4-7-15-8-5-6-9-18(15)20-14(3)16-11-10-13(2)17(19)12-16/h5-6,8-12,14,20H,4,7H2,1-3H3. The first-order valence-electron chi connectivity index (χ1n) is 7.22. The molecule has 2 heteroatoms. The number of hydrogen-bond acceptors (Lipinski definition) is 1. The monoisotopic (exact) mass is 271 g/mol. The minimum Gasteiger partial charge on any atom is -0.378 e. The molecule has 0 radical (unpaired) electrons. The van der Waals surface area contributed by atoms with Crippen molar-refractivity contribution in [1.82, 2.24) is 0 Å². The van der Waals surface area contributed by atoms with Crippen molar-refractivity contribution in [2.45, 2.75) is 39.7 Å². The highest BCUT2D eigenvalue weighted by atomic mass is 19.1. The van der Waals surface area contributed by atoms with Crippen LogP contribution in [0.2, 0.25) is 0 Å². The largest absolute Gasteiger partial charge is 0.378 e. The Morgan fingerprint density at radius 1 is 1.15 bits per heavy atom. The molecule has 0 aromatic heterocycles. The van der Waals surface area contributed by atoms with Crippen molar-refractivity contribution in [3.8, 4) is 0 Å². The van der Waals surface area contributed by atoms with E-state index < -0.39 is 0 Å². The summed E-state index contributed by atoms with van der Waals surface area (Å²) < 4.78 is 13.7. The van der Waals surface area contributed by atoms with Gasteiger partial charge in [-0.3, -0.25) is 0 Å². The van der Waals surface area contributed by atoms with Crippen molar-refractivity contribution < 1.29 is 4.39 Å². The zero-order valence-electron chi connectivity index (χ0n) is 12.4. The second-order valence-electron chi connectivity index (χ2n) is 5.28. The Labute approximate surface area is 120 Å². The lowest BCUT2D eigenvalue weighted by Crippen LogP contribution is -2.09. The molecule has 0 heterocycles. The van der Waals surface area contributed by atoms with Gasteiger partial charge in [0.25, 0.3) is 0 Å². The molecule has 2 rings (SSSR count). The Morgan fingerprint density at radius 2 is 1.90 bits per heavy atom. The molecular formula is C18H22FN. The van der Waals surface area contributed by atoms with E-state index in [4.69, 9.17) is 0 Å². The van der Waals surface area contributed by atoms with E-state index in [1.54, 1.807) is 13.0 Å². The number of hydrogen-bond donors (Lipinski definition) is 1. The van der Waals surface area contributed by atoms with Gasteiger partial charge in [-0.25, -0.2) is 4.39 Å². The van der Waals surface area contributed by atoms with Crippen LogP contribution in [0.1, 0.15) is 43.0 Å². The summed E-state index contributed by atoms with van der Waals surface area (Å²) >= 11 is 0. The third-order valence-corrected chi connectivity index (χ3v) is 3.60. The molecular weight excluding hydrogens is 249 g/mol. The fraction of sp³-hybridized carbons (Fsp3) is 0.333. The molecule has 20 heavy (non-hydrogen) atoms. The van der Waals surface area contributed by atoms with Gasteiger partial charge in [-0.2, -0.15) is 0 Å². The van der Waals surface area contributed by atoms with Crippen LogP contribution < -0.4 is 5.32 Å². The summed E-state index contributed by atoms with van der Waals surface area (Å²) in [6, 6.07) is 13.9. The number of para-hydroxylation sites is 1. The van der Waals surface area contributed by atoms with E-state index in [9.17, 15) is 4.39 Å². The molecule has 2 aromatic rings. The van der Waals surface area contributed by atoms with Crippen LogP contribution in [-0.2, 0) is 6.42 Å². The molecule has 0 saturated heterocycles. The first-order valence-corrected chi connectivity index (χ1v) is 7.22. The number of nitrogens with one attached hydrogen (secondary N) is 1. The van der Waals surface area contributed by atoms with E-state index >= 15 is 0 Å². The number of anilines is 1. The van der Waals surface area contributed by atoms with E-state index in [0.717, 1.165) is 24.1 Å². The lowest BCUT2D eigenvalue weighted by Gasteiger charge is -2.19. The van der Waals surface area contributed by atoms with Crippen LogP contribution in [0.25, 0.3) is 0 Å². The highest BCUT2D eigenvalue weighted by molar-refractivity contribution is 5.52. The highest BCUT2D eigenvalue weighted by Crippen LogP contribution is 2.24. The molecule has 1 N–H and O–H groups in total. The van der Waals surface area contributed by atoms with E-state index in [2.05, 4.69) is 37.4 Å². The molecule has 1 atom stereocenters. The molecule has 1 unspecified atom stereocenters. The van der Waals surface area contributed by atoms with Crippen molar-refractivity contribution in [2.75, 3.05) is 5.32 Å². The maximum absolute atomic E-state index is 13.7. The summed E-state index contributed by atoms with van der Waals surface area (Å²) in [6.45, 7) is 6.02. The van der Waals surface area contributed by atoms with E-state index in [1.807, 2.05) is 18.2 Å². The van der Waals surface area contributed by atoms with Gasteiger partial charge in [0.2, 0.25) is 0 Å². The van der Waals surface area contributed by atoms with Gasteiger partial charge in [-0.15, -0.1) is 0 Å². The van der Waals surface area contributed by atoms with Crippen molar-refractivity contribution >= 4 is 5.69 Å². The van der Waals surface area contributed by atoms with E-state index in [-0.39, 0.29) is 11.9 Å². The smallest absolute Gasteiger partial charge is 0.126 e. The fourth-order valence-electron chi connectivity index (χ4n) is 2.34. The second kappa shape index (κ2) is 6.56. The van der Waals surface area contributed by atoms with E-state index in [0.29, 0.717) is 5.56 Å². The molecule has 0 fully saturated rings. The van der Waals surface area contributed by atoms with Crippen molar-refractivity contribution in [3.05, 3.63) is 65.0 Å². The molecule has 0 bridgehead atoms. The van der Waals surface area contributed by atoms with Crippen LogP contribution in [-0.4, -0.2) is 0 Å². The zero-order chi connectivity index (χ0) is 14.5. The molecule has 0 aliphatic carbocycles. The van der Waals surface area contributed by atoms with Gasteiger partial charge in [0.05, 0.1) is 0 Å². The van der Waals surface area contributed by atoms with Gasteiger partial charge in [0, 0.05) is 11.7 Å². The number of rotatable bonds is 5. The molecule has 1 nitrogen and oxygen atoms in total. The summed E-state index contributed by atoms with van der Waals surface area (Å²) in [7, 11) is 0. The van der Waals surface area contributed by atoms with Crippen LogP contribution in [0.3, 0.4) is 0 Å². The molecule has 0 aliphatic heterocycles. The Kier molecular flexibility index (Phi) is 4.78. The fourth-order valence-corrected chi connectivity index (χ4v) is 2.34. The van der Waals surface area contributed by atoms with Gasteiger partial charge < -0.3 is 5.32 Å². The average Bonchev–Trinajstić information content (AvgIpc) is 2.44. The minimum atomic E-state index is -0.141. The third-order valence-electron chi connectivity index (χ3n) is 3.60. The van der Waals surface area contributed by atoms with Gasteiger partial charge in [0.15, 0.2) is 0 Å². The van der Waals surface area contributed by atoms with Crippen LogP contribution in [0, 0.1) is 12.7 Å². The highest BCUT2D eigenvalue weighted by Gasteiger charge is 2.09.